The number of carbonyl (C=O) groups excluding carboxylic acids is 1. The fourth-order valence-electron chi connectivity index (χ4n) is 2.31. The number of halogens is 3. The van der Waals surface area contributed by atoms with Crippen molar-refractivity contribution < 1.29 is 13.2 Å². The van der Waals surface area contributed by atoms with Crippen molar-refractivity contribution in [1.29, 1.82) is 0 Å². The van der Waals surface area contributed by atoms with Gasteiger partial charge >= 0.3 is 0 Å². The van der Waals surface area contributed by atoms with Crippen LogP contribution < -0.4 is 10.0 Å². The standard InChI is InChI=1S/C19H13BrCl2N2O3S/c20-12-1-5-14(6-2-12)23-19(25)17-11-16(9-10-18(17)22)28(26,27)24-15-7-3-13(21)4-8-15/h1-11,24H,(H,23,25). The summed E-state index contributed by atoms with van der Waals surface area (Å²) in [5.74, 6) is -0.518. The number of anilines is 2. The molecule has 5 nitrogen and oxygen atoms in total. The highest BCUT2D eigenvalue weighted by molar-refractivity contribution is 9.10. The molecule has 0 saturated carbocycles. The molecule has 9 heteroatoms. The second-order valence-electron chi connectivity index (χ2n) is 5.72. The highest BCUT2D eigenvalue weighted by Gasteiger charge is 2.19. The second-order valence-corrected chi connectivity index (χ2v) is 9.16. The lowest BCUT2D eigenvalue weighted by molar-refractivity contribution is 0.102. The molecule has 0 aromatic heterocycles. The van der Waals surface area contributed by atoms with Gasteiger partial charge in [-0.1, -0.05) is 39.1 Å². The van der Waals surface area contributed by atoms with Gasteiger partial charge in [-0.05, 0) is 66.7 Å². The molecule has 0 radical (unpaired) electrons. The first-order valence-electron chi connectivity index (χ1n) is 7.89. The van der Waals surface area contributed by atoms with E-state index in [1.54, 1.807) is 36.4 Å². The molecule has 0 saturated heterocycles. The maximum atomic E-state index is 12.6. The van der Waals surface area contributed by atoms with Gasteiger partial charge in [0.05, 0.1) is 15.5 Å². The SMILES string of the molecule is O=C(Nc1ccc(Br)cc1)c1cc(S(=O)(=O)Nc2ccc(Cl)cc2)ccc1Cl. The van der Waals surface area contributed by atoms with Crippen LogP contribution in [0.2, 0.25) is 10.0 Å². The molecule has 0 aliphatic heterocycles. The summed E-state index contributed by atoms with van der Waals surface area (Å²) in [5, 5.41) is 3.31. The predicted octanol–water partition coefficient (Wildman–Crippen LogP) is 5.81. The summed E-state index contributed by atoms with van der Waals surface area (Å²) in [7, 11) is -3.92. The number of amides is 1. The van der Waals surface area contributed by atoms with Crippen molar-refractivity contribution in [1.82, 2.24) is 0 Å². The Morgan fingerprint density at radius 3 is 2.11 bits per heavy atom. The molecule has 1 amide bonds. The predicted molar refractivity (Wildman–Crippen MR) is 116 cm³/mol. The minimum absolute atomic E-state index is 0.0450. The van der Waals surface area contributed by atoms with Crippen molar-refractivity contribution in [2.24, 2.45) is 0 Å². The van der Waals surface area contributed by atoms with Gasteiger partial charge in [0, 0.05) is 20.9 Å². The molecule has 3 aromatic carbocycles. The molecule has 0 spiro atoms. The van der Waals surface area contributed by atoms with Crippen molar-refractivity contribution in [3.63, 3.8) is 0 Å². The quantitative estimate of drug-likeness (QED) is 0.465. The molecule has 0 unspecified atom stereocenters. The Morgan fingerprint density at radius 1 is 0.857 bits per heavy atom. The Morgan fingerprint density at radius 2 is 1.46 bits per heavy atom. The molecule has 0 atom stereocenters. The van der Waals surface area contributed by atoms with Crippen LogP contribution in [0.3, 0.4) is 0 Å². The van der Waals surface area contributed by atoms with Crippen molar-refractivity contribution in [3.8, 4) is 0 Å². The summed E-state index contributed by atoms with van der Waals surface area (Å²) in [6.07, 6.45) is 0. The molecule has 0 heterocycles. The Bertz CT molecular complexity index is 1120. The van der Waals surface area contributed by atoms with Gasteiger partial charge in [-0.3, -0.25) is 9.52 Å². The van der Waals surface area contributed by atoms with E-state index in [9.17, 15) is 13.2 Å². The summed E-state index contributed by atoms with van der Waals surface area (Å²) >= 11 is 15.2. The summed E-state index contributed by atoms with van der Waals surface area (Å²) in [6.45, 7) is 0. The molecular formula is C19H13BrCl2N2O3S. The van der Waals surface area contributed by atoms with E-state index in [4.69, 9.17) is 23.2 Å². The number of nitrogens with one attached hydrogen (secondary N) is 2. The average Bonchev–Trinajstić information content (AvgIpc) is 2.65. The summed E-state index contributed by atoms with van der Waals surface area (Å²) in [4.78, 5) is 12.5. The van der Waals surface area contributed by atoms with Gasteiger partial charge in [0.15, 0.2) is 0 Å². The zero-order valence-corrected chi connectivity index (χ0v) is 18.0. The third-order valence-electron chi connectivity index (χ3n) is 3.69. The number of hydrogen-bond donors (Lipinski definition) is 2. The fourth-order valence-corrected chi connectivity index (χ4v) is 3.99. The molecule has 144 valence electrons. The zero-order valence-electron chi connectivity index (χ0n) is 14.1. The van der Waals surface area contributed by atoms with E-state index >= 15 is 0 Å². The Labute approximate surface area is 180 Å². The summed E-state index contributed by atoms with van der Waals surface area (Å²) in [6, 6.07) is 17.1. The Kier molecular flexibility index (Phi) is 6.30. The maximum absolute atomic E-state index is 12.6. The van der Waals surface area contributed by atoms with Gasteiger partial charge in [-0.2, -0.15) is 0 Å². The molecule has 0 fully saturated rings. The summed E-state index contributed by atoms with van der Waals surface area (Å²) in [5.41, 5.74) is 0.945. The van der Waals surface area contributed by atoms with Crippen LogP contribution in [-0.2, 0) is 10.0 Å². The van der Waals surface area contributed by atoms with E-state index in [0.29, 0.717) is 16.4 Å². The van der Waals surface area contributed by atoms with Crippen LogP contribution in [0.5, 0.6) is 0 Å². The van der Waals surface area contributed by atoms with Crippen LogP contribution in [0, 0.1) is 0 Å². The largest absolute Gasteiger partial charge is 0.322 e. The van der Waals surface area contributed by atoms with Crippen molar-refractivity contribution in [2.45, 2.75) is 4.90 Å². The van der Waals surface area contributed by atoms with Crippen LogP contribution in [-0.4, -0.2) is 14.3 Å². The third kappa shape index (κ3) is 5.05. The van der Waals surface area contributed by atoms with E-state index in [1.165, 1.54) is 30.3 Å². The summed E-state index contributed by atoms with van der Waals surface area (Å²) < 4.78 is 28.6. The third-order valence-corrected chi connectivity index (χ3v) is 6.18. The highest BCUT2D eigenvalue weighted by atomic mass is 79.9. The van der Waals surface area contributed by atoms with Crippen LogP contribution in [0.4, 0.5) is 11.4 Å². The smallest absolute Gasteiger partial charge is 0.261 e. The van der Waals surface area contributed by atoms with Gasteiger partial charge < -0.3 is 5.32 Å². The van der Waals surface area contributed by atoms with Gasteiger partial charge in [0.25, 0.3) is 15.9 Å². The lowest BCUT2D eigenvalue weighted by Gasteiger charge is -2.11. The van der Waals surface area contributed by atoms with Crippen molar-refractivity contribution in [3.05, 3.63) is 86.8 Å². The first-order chi connectivity index (χ1) is 13.2. The van der Waals surface area contributed by atoms with Crippen LogP contribution in [0.15, 0.2) is 76.1 Å². The zero-order chi connectivity index (χ0) is 20.3. The van der Waals surface area contributed by atoms with Gasteiger partial charge in [-0.25, -0.2) is 8.42 Å². The van der Waals surface area contributed by atoms with E-state index < -0.39 is 15.9 Å². The number of carbonyl (C=O) groups is 1. The lowest BCUT2D eigenvalue weighted by atomic mass is 10.2. The fraction of sp³-hybridized carbons (Fsp3) is 0. The normalized spacial score (nSPS) is 11.1. The number of benzene rings is 3. The number of hydrogen-bond acceptors (Lipinski definition) is 3. The van der Waals surface area contributed by atoms with E-state index in [1.807, 2.05) is 0 Å². The molecule has 28 heavy (non-hydrogen) atoms. The van der Waals surface area contributed by atoms with E-state index in [-0.39, 0.29) is 15.5 Å². The molecule has 3 rings (SSSR count). The first-order valence-corrected chi connectivity index (χ1v) is 10.9. The molecular weight excluding hydrogens is 487 g/mol. The monoisotopic (exact) mass is 498 g/mol. The molecule has 0 bridgehead atoms. The van der Waals surface area contributed by atoms with E-state index in [2.05, 4.69) is 26.0 Å². The first kappa shape index (κ1) is 20.7. The molecule has 2 N–H and O–H groups in total. The average molecular weight is 500 g/mol. The maximum Gasteiger partial charge on any atom is 0.261 e. The van der Waals surface area contributed by atoms with Crippen molar-refractivity contribution in [2.75, 3.05) is 10.0 Å². The molecule has 3 aromatic rings. The molecule has 0 aliphatic rings. The number of sulfonamides is 1. The second kappa shape index (κ2) is 8.53. The van der Waals surface area contributed by atoms with Crippen LogP contribution in [0.1, 0.15) is 10.4 Å². The minimum Gasteiger partial charge on any atom is -0.322 e. The lowest BCUT2D eigenvalue weighted by Crippen LogP contribution is -2.16. The Hall–Kier alpha value is -2.06. The van der Waals surface area contributed by atoms with Gasteiger partial charge in [-0.15, -0.1) is 0 Å². The van der Waals surface area contributed by atoms with Crippen LogP contribution >= 0.6 is 39.1 Å². The van der Waals surface area contributed by atoms with Gasteiger partial charge in [0.1, 0.15) is 0 Å². The number of rotatable bonds is 5. The van der Waals surface area contributed by atoms with Gasteiger partial charge in [0.2, 0.25) is 0 Å². The highest BCUT2D eigenvalue weighted by Crippen LogP contribution is 2.24. The Balaban J connectivity index is 1.86. The topological polar surface area (TPSA) is 75.3 Å². The van der Waals surface area contributed by atoms with Crippen molar-refractivity contribution >= 4 is 66.4 Å². The minimum atomic E-state index is -3.92. The molecule has 0 aliphatic carbocycles. The van der Waals surface area contributed by atoms with Crippen LogP contribution in [0.25, 0.3) is 0 Å². The van der Waals surface area contributed by atoms with E-state index in [0.717, 1.165) is 4.47 Å².